The van der Waals surface area contributed by atoms with Gasteiger partial charge in [-0.1, -0.05) is 18.2 Å². The third-order valence-electron chi connectivity index (χ3n) is 8.31. The second-order valence-corrected chi connectivity index (χ2v) is 13.1. The normalized spacial score (nSPS) is 13.6. The monoisotopic (exact) mass is 762 g/mol. The number of carbonyl (C=O) groups is 2. The molecule has 6 heterocycles. The molecule has 2 aliphatic rings. The molecule has 0 N–H and O–H groups in total. The van der Waals surface area contributed by atoms with Crippen LogP contribution in [0.2, 0.25) is 0 Å². The number of nitriles is 2. The first kappa shape index (κ1) is 31.2. The zero-order valence-corrected chi connectivity index (χ0v) is 28.4. The zero-order valence-electron chi connectivity index (χ0n) is 25.2. The summed E-state index contributed by atoms with van der Waals surface area (Å²) in [6.45, 7) is 2.21. The van der Waals surface area contributed by atoms with Gasteiger partial charge in [-0.2, -0.15) is 20.7 Å². The molecule has 0 bridgehead atoms. The van der Waals surface area contributed by atoms with Crippen molar-refractivity contribution in [3.05, 3.63) is 127 Å². The minimum atomic E-state index is -0.121. The number of hydrogen-bond acceptors (Lipinski definition) is 8. The van der Waals surface area contributed by atoms with E-state index < -0.39 is 0 Å². The molecule has 0 spiro atoms. The summed E-state index contributed by atoms with van der Waals surface area (Å²) in [4.78, 5) is 37.5. The molecule has 0 saturated carbocycles. The van der Waals surface area contributed by atoms with E-state index in [2.05, 4.69) is 64.2 Å². The van der Waals surface area contributed by atoms with Gasteiger partial charge in [-0.3, -0.25) is 9.59 Å². The molecule has 2 aromatic carbocycles. The molecule has 0 atom stereocenters. The molecule has 8 rings (SSSR count). The van der Waals surface area contributed by atoms with Crippen LogP contribution in [0.1, 0.15) is 54.4 Å². The number of hydrogen-bond donors (Lipinski definition) is 0. The van der Waals surface area contributed by atoms with Crippen LogP contribution in [0.15, 0.2) is 82.3 Å². The standard InChI is InChI=1S/2C17H12BrN5O/c18-14-8-20-16-6-15(21-23(16)10-14)17(24)22-4-3-12-2-1-11(7-19)5-13(12)9-22;18-13-8-20-16-6-15(21-23(16)10-13)17(24)22-5-4-14-11(7-19)2-1-3-12(14)9-22/h1-2,5-6,8,10H,3-4,9H2;1-3,6,8,10H,4-5,9H2. The SMILES string of the molecule is N#Cc1ccc2c(c1)CN(C(=O)c1cc3ncc(Br)cn3n1)CC2.N#Cc1cccc2c1CCN(C(=O)c1cc3ncc(Br)cn3n1)C2. The van der Waals surface area contributed by atoms with E-state index in [4.69, 9.17) is 5.26 Å². The molecule has 48 heavy (non-hydrogen) atoms. The molecule has 0 radical (unpaired) electrons. The molecule has 236 valence electrons. The Morgan fingerprint density at radius 1 is 0.708 bits per heavy atom. The highest BCUT2D eigenvalue weighted by molar-refractivity contribution is 9.10. The quantitative estimate of drug-likeness (QED) is 0.236. The lowest BCUT2D eigenvalue weighted by atomic mass is 9.95. The maximum atomic E-state index is 12.8. The van der Waals surface area contributed by atoms with Gasteiger partial charge in [-0.05, 0) is 85.2 Å². The first-order valence-corrected chi connectivity index (χ1v) is 16.5. The Morgan fingerprint density at radius 3 is 1.92 bits per heavy atom. The minimum absolute atomic E-state index is 0.121. The topological polar surface area (TPSA) is 149 Å². The number of nitrogens with zero attached hydrogens (tertiary/aromatic N) is 10. The van der Waals surface area contributed by atoms with Crippen molar-refractivity contribution in [3.63, 3.8) is 0 Å². The molecule has 12 nitrogen and oxygen atoms in total. The first-order chi connectivity index (χ1) is 23.3. The first-order valence-electron chi connectivity index (χ1n) is 14.9. The third kappa shape index (κ3) is 6.15. The molecule has 0 unspecified atom stereocenters. The summed E-state index contributed by atoms with van der Waals surface area (Å²) in [5, 5.41) is 26.9. The lowest BCUT2D eigenvalue weighted by molar-refractivity contribution is 0.0721. The summed E-state index contributed by atoms with van der Waals surface area (Å²) in [5.41, 5.74) is 7.61. The van der Waals surface area contributed by atoms with E-state index in [0.29, 0.717) is 66.4 Å². The van der Waals surface area contributed by atoms with Crippen LogP contribution in [0.25, 0.3) is 11.3 Å². The Bertz CT molecular complexity index is 2240. The molecule has 0 fully saturated rings. The molecule has 2 aliphatic heterocycles. The Hall–Kier alpha value is -5.44. The Balaban J connectivity index is 0.000000152. The minimum Gasteiger partial charge on any atom is -0.333 e. The number of aromatic nitrogens is 6. The van der Waals surface area contributed by atoms with Crippen molar-refractivity contribution in [2.75, 3.05) is 13.1 Å². The zero-order chi connectivity index (χ0) is 33.4. The highest BCUT2D eigenvalue weighted by Gasteiger charge is 2.26. The number of fused-ring (bicyclic) bond motifs is 4. The molecule has 4 aromatic heterocycles. The van der Waals surface area contributed by atoms with Gasteiger partial charge in [0, 0.05) is 63.1 Å². The second kappa shape index (κ2) is 13.0. The van der Waals surface area contributed by atoms with Gasteiger partial charge < -0.3 is 9.80 Å². The van der Waals surface area contributed by atoms with Crippen molar-refractivity contribution in [3.8, 4) is 12.1 Å². The van der Waals surface area contributed by atoms with Gasteiger partial charge in [0.1, 0.15) is 0 Å². The Labute approximate surface area is 291 Å². The van der Waals surface area contributed by atoms with Gasteiger partial charge in [0.15, 0.2) is 22.7 Å². The molecule has 14 heteroatoms. The summed E-state index contributed by atoms with van der Waals surface area (Å²) >= 11 is 6.68. The van der Waals surface area contributed by atoms with Gasteiger partial charge in [0.25, 0.3) is 11.8 Å². The Morgan fingerprint density at radius 2 is 1.31 bits per heavy atom. The molecular weight excluding hydrogens is 740 g/mol. The maximum absolute atomic E-state index is 12.8. The highest BCUT2D eigenvalue weighted by atomic mass is 79.9. The summed E-state index contributed by atoms with van der Waals surface area (Å²) in [5.74, 6) is -0.241. The van der Waals surface area contributed by atoms with Crippen molar-refractivity contribution >= 4 is 55.0 Å². The number of rotatable bonds is 2. The van der Waals surface area contributed by atoms with E-state index in [1.807, 2.05) is 36.4 Å². The van der Waals surface area contributed by atoms with Gasteiger partial charge >= 0.3 is 0 Å². The van der Waals surface area contributed by atoms with Crippen LogP contribution in [0.3, 0.4) is 0 Å². The van der Waals surface area contributed by atoms with Crippen molar-refractivity contribution in [1.29, 1.82) is 10.5 Å². The van der Waals surface area contributed by atoms with Gasteiger partial charge in [0.05, 0.1) is 32.2 Å². The average molecular weight is 764 g/mol. The van der Waals surface area contributed by atoms with Crippen LogP contribution in [0.4, 0.5) is 0 Å². The van der Waals surface area contributed by atoms with E-state index in [-0.39, 0.29) is 11.8 Å². The van der Waals surface area contributed by atoms with Crippen LogP contribution in [-0.4, -0.2) is 63.9 Å². The average Bonchev–Trinajstić information content (AvgIpc) is 3.74. The van der Waals surface area contributed by atoms with Crippen molar-refractivity contribution in [1.82, 2.24) is 39.0 Å². The van der Waals surface area contributed by atoms with Crippen LogP contribution >= 0.6 is 31.9 Å². The summed E-state index contributed by atoms with van der Waals surface area (Å²) in [7, 11) is 0. The number of benzene rings is 2. The van der Waals surface area contributed by atoms with Gasteiger partial charge in [-0.15, -0.1) is 0 Å². The maximum Gasteiger partial charge on any atom is 0.274 e. The van der Waals surface area contributed by atoms with E-state index in [9.17, 15) is 14.9 Å². The summed E-state index contributed by atoms with van der Waals surface area (Å²) < 4.78 is 4.77. The number of carbonyl (C=O) groups excluding carboxylic acids is 2. The van der Waals surface area contributed by atoms with Crippen molar-refractivity contribution < 1.29 is 9.59 Å². The lowest BCUT2D eigenvalue weighted by Gasteiger charge is -2.28. The fourth-order valence-corrected chi connectivity index (χ4v) is 6.52. The van der Waals surface area contributed by atoms with Crippen LogP contribution in [0.5, 0.6) is 0 Å². The summed E-state index contributed by atoms with van der Waals surface area (Å²) in [6.07, 6.45) is 8.34. The predicted octanol–water partition coefficient (Wildman–Crippen LogP) is 5.12. The molecule has 6 aromatic rings. The predicted molar refractivity (Wildman–Crippen MR) is 181 cm³/mol. The molecule has 2 amide bonds. The van der Waals surface area contributed by atoms with Crippen molar-refractivity contribution in [2.45, 2.75) is 25.9 Å². The highest BCUT2D eigenvalue weighted by Crippen LogP contribution is 2.24. The van der Waals surface area contributed by atoms with Gasteiger partial charge in [0.2, 0.25) is 0 Å². The smallest absolute Gasteiger partial charge is 0.274 e. The van der Waals surface area contributed by atoms with Crippen LogP contribution in [-0.2, 0) is 25.9 Å². The number of halogens is 2. The van der Waals surface area contributed by atoms with Crippen LogP contribution < -0.4 is 0 Å². The Kier molecular flexibility index (Phi) is 8.43. The molecule has 0 aliphatic carbocycles. The number of amides is 2. The fourth-order valence-electron chi connectivity index (χ4n) is 5.93. The lowest BCUT2D eigenvalue weighted by Crippen LogP contribution is -2.36. The largest absolute Gasteiger partial charge is 0.333 e. The summed E-state index contributed by atoms with van der Waals surface area (Å²) in [6, 6.07) is 19.1. The molecule has 0 saturated heterocycles. The molecular formula is C34H24Br2N10O2. The van der Waals surface area contributed by atoms with E-state index >= 15 is 0 Å². The van der Waals surface area contributed by atoms with E-state index in [0.717, 1.165) is 32.1 Å². The van der Waals surface area contributed by atoms with Crippen LogP contribution in [0, 0.1) is 22.7 Å². The van der Waals surface area contributed by atoms with E-state index in [1.165, 1.54) is 5.56 Å². The van der Waals surface area contributed by atoms with E-state index in [1.54, 1.807) is 55.8 Å². The fraction of sp³-hybridized carbons (Fsp3) is 0.176. The second-order valence-electron chi connectivity index (χ2n) is 11.3. The van der Waals surface area contributed by atoms with Gasteiger partial charge in [-0.25, -0.2) is 19.0 Å². The third-order valence-corrected chi connectivity index (χ3v) is 9.13. The van der Waals surface area contributed by atoms with Crippen molar-refractivity contribution in [2.24, 2.45) is 0 Å².